The van der Waals surface area contributed by atoms with E-state index in [0.717, 1.165) is 37.8 Å². The standard InChI is InChI=1S/C21H37NO5/c1-2-3-4-5-6-7-8-15(23)9-10-16-17-13-19(18(17)14-20(16)24)22-27-12-11-21(25)26/h15-18,20,23-24H,2-14H2,1H3,(H,25,26). The molecule has 5 unspecified atom stereocenters. The number of unbranched alkanes of at least 4 members (excludes halogenated alkanes) is 5. The Labute approximate surface area is 163 Å². The molecule has 0 aromatic heterocycles. The molecule has 0 amide bonds. The monoisotopic (exact) mass is 383 g/mol. The lowest BCUT2D eigenvalue weighted by Crippen LogP contribution is -2.37. The molecule has 2 aliphatic carbocycles. The van der Waals surface area contributed by atoms with Crippen LogP contribution in [0.2, 0.25) is 0 Å². The number of fused-ring (bicyclic) bond motifs is 1. The lowest BCUT2D eigenvalue weighted by atomic mass is 9.70. The quantitative estimate of drug-likeness (QED) is 0.313. The lowest BCUT2D eigenvalue weighted by molar-refractivity contribution is -0.138. The summed E-state index contributed by atoms with van der Waals surface area (Å²) in [6.07, 6.45) is 10.8. The van der Waals surface area contributed by atoms with Gasteiger partial charge in [-0.25, -0.2) is 0 Å². The summed E-state index contributed by atoms with van der Waals surface area (Å²) in [5.74, 6) is 0.0540. The third-order valence-electron chi connectivity index (χ3n) is 6.24. The van der Waals surface area contributed by atoms with Crippen LogP contribution in [0.3, 0.4) is 0 Å². The first-order valence-electron chi connectivity index (χ1n) is 10.8. The van der Waals surface area contributed by atoms with Gasteiger partial charge in [-0.1, -0.05) is 50.6 Å². The van der Waals surface area contributed by atoms with E-state index in [-0.39, 0.29) is 37.1 Å². The second kappa shape index (κ2) is 11.6. The molecule has 0 aromatic carbocycles. The van der Waals surface area contributed by atoms with Crippen LogP contribution in [0.5, 0.6) is 0 Å². The molecule has 0 bridgehead atoms. The van der Waals surface area contributed by atoms with Gasteiger partial charge in [0.15, 0.2) is 0 Å². The fraction of sp³-hybridized carbons (Fsp3) is 0.905. The van der Waals surface area contributed by atoms with Crippen LogP contribution < -0.4 is 0 Å². The third kappa shape index (κ3) is 7.07. The number of aliphatic hydroxyl groups is 2. The van der Waals surface area contributed by atoms with Crippen molar-refractivity contribution < 1.29 is 25.0 Å². The molecule has 2 aliphatic rings. The molecule has 2 saturated carbocycles. The molecule has 6 heteroatoms. The van der Waals surface area contributed by atoms with Gasteiger partial charge in [-0.05, 0) is 43.9 Å². The van der Waals surface area contributed by atoms with Gasteiger partial charge in [0.25, 0.3) is 0 Å². The van der Waals surface area contributed by atoms with Crippen molar-refractivity contribution in [2.45, 2.75) is 96.2 Å². The molecule has 5 atom stereocenters. The van der Waals surface area contributed by atoms with Gasteiger partial charge in [-0.15, -0.1) is 0 Å². The molecule has 156 valence electrons. The smallest absolute Gasteiger partial charge is 0.306 e. The molecule has 2 fully saturated rings. The van der Waals surface area contributed by atoms with Crippen LogP contribution in [0.4, 0.5) is 0 Å². The molecular weight excluding hydrogens is 346 g/mol. The first kappa shape index (κ1) is 22.2. The molecule has 3 N–H and O–H groups in total. The molecule has 0 aromatic rings. The number of aliphatic carboxylic acids is 1. The van der Waals surface area contributed by atoms with E-state index in [9.17, 15) is 15.0 Å². The molecular formula is C21H37NO5. The summed E-state index contributed by atoms with van der Waals surface area (Å²) >= 11 is 0. The van der Waals surface area contributed by atoms with Gasteiger partial charge in [0.1, 0.15) is 6.61 Å². The maximum absolute atomic E-state index is 10.5. The minimum atomic E-state index is -0.891. The predicted molar refractivity (Wildman–Crippen MR) is 105 cm³/mol. The molecule has 2 rings (SSSR count). The largest absolute Gasteiger partial charge is 0.481 e. The van der Waals surface area contributed by atoms with E-state index in [0.29, 0.717) is 12.3 Å². The van der Waals surface area contributed by atoms with Crippen molar-refractivity contribution in [1.82, 2.24) is 0 Å². The molecule has 0 aliphatic heterocycles. The van der Waals surface area contributed by atoms with Crippen LogP contribution in [-0.4, -0.2) is 45.8 Å². The number of rotatable bonds is 14. The maximum Gasteiger partial charge on any atom is 0.306 e. The lowest BCUT2D eigenvalue weighted by Gasteiger charge is -2.35. The van der Waals surface area contributed by atoms with E-state index in [4.69, 9.17) is 9.94 Å². The molecule has 27 heavy (non-hydrogen) atoms. The average Bonchev–Trinajstić information content (AvgIpc) is 2.86. The minimum absolute atomic E-state index is 0.0490. The van der Waals surface area contributed by atoms with E-state index in [1.165, 1.54) is 32.1 Å². The highest BCUT2D eigenvalue weighted by Gasteiger charge is 2.51. The van der Waals surface area contributed by atoms with Crippen LogP contribution in [-0.2, 0) is 9.63 Å². The van der Waals surface area contributed by atoms with Crippen molar-refractivity contribution in [3.8, 4) is 0 Å². The van der Waals surface area contributed by atoms with Gasteiger partial charge in [0.05, 0.1) is 24.3 Å². The number of nitrogens with zero attached hydrogens (tertiary/aromatic N) is 1. The van der Waals surface area contributed by atoms with E-state index >= 15 is 0 Å². The van der Waals surface area contributed by atoms with E-state index in [1.54, 1.807) is 0 Å². The molecule has 6 nitrogen and oxygen atoms in total. The second-order valence-corrected chi connectivity index (χ2v) is 8.29. The molecule has 0 spiro atoms. The normalized spacial score (nSPS) is 29.4. The molecule has 0 radical (unpaired) electrons. The Morgan fingerprint density at radius 2 is 1.96 bits per heavy atom. The maximum atomic E-state index is 10.5. The Bertz CT molecular complexity index is 481. The fourth-order valence-corrected chi connectivity index (χ4v) is 4.57. The van der Waals surface area contributed by atoms with Crippen molar-refractivity contribution in [1.29, 1.82) is 0 Å². The summed E-state index contributed by atoms with van der Waals surface area (Å²) in [5, 5.41) is 33.3. The van der Waals surface area contributed by atoms with Crippen molar-refractivity contribution in [3.05, 3.63) is 0 Å². The highest BCUT2D eigenvalue weighted by atomic mass is 16.6. The van der Waals surface area contributed by atoms with Gasteiger partial charge in [0, 0.05) is 5.92 Å². The van der Waals surface area contributed by atoms with Gasteiger partial charge >= 0.3 is 5.97 Å². The summed E-state index contributed by atoms with van der Waals surface area (Å²) in [7, 11) is 0. The number of carbonyl (C=O) groups is 1. The van der Waals surface area contributed by atoms with E-state index < -0.39 is 5.97 Å². The second-order valence-electron chi connectivity index (χ2n) is 8.29. The van der Waals surface area contributed by atoms with Crippen molar-refractivity contribution >= 4 is 11.7 Å². The zero-order chi connectivity index (χ0) is 19.6. The van der Waals surface area contributed by atoms with E-state index in [2.05, 4.69) is 12.1 Å². The Kier molecular flexibility index (Phi) is 9.56. The summed E-state index contributed by atoms with van der Waals surface area (Å²) in [5.41, 5.74) is 0.958. The number of carboxylic acids is 1. The van der Waals surface area contributed by atoms with Crippen molar-refractivity contribution in [2.75, 3.05) is 6.61 Å². The highest BCUT2D eigenvalue weighted by molar-refractivity contribution is 5.93. The Morgan fingerprint density at radius 1 is 1.22 bits per heavy atom. The number of carboxylic acid groups (broad SMARTS) is 1. The summed E-state index contributed by atoms with van der Waals surface area (Å²) < 4.78 is 0. The highest BCUT2D eigenvalue weighted by Crippen LogP contribution is 2.50. The summed E-state index contributed by atoms with van der Waals surface area (Å²) in [6.45, 7) is 2.31. The number of oxime groups is 1. The Morgan fingerprint density at radius 3 is 2.70 bits per heavy atom. The Balaban J connectivity index is 1.61. The topological polar surface area (TPSA) is 99.4 Å². The first-order chi connectivity index (χ1) is 13.0. The number of hydrogen-bond acceptors (Lipinski definition) is 5. The summed E-state index contributed by atoms with van der Waals surface area (Å²) in [6, 6.07) is 0. The van der Waals surface area contributed by atoms with Crippen LogP contribution in [0.1, 0.15) is 84.0 Å². The van der Waals surface area contributed by atoms with Gasteiger partial charge < -0.3 is 20.2 Å². The van der Waals surface area contributed by atoms with E-state index in [1.807, 2.05) is 0 Å². The van der Waals surface area contributed by atoms with Crippen LogP contribution >= 0.6 is 0 Å². The van der Waals surface area contributed by atoms with Crippen molar-refractivity contribution in [2.24, 2.45) is 22.9 Å². The van der Waals surface area contributed by atoms with Crippen molar-refractivity contribution in [3.63, 3.8) is 0 Å². The number of aliphatic hydroxyl groups excluding tert-OH is 2. The Hall–Kier alpha value is -1.14. The SMILES string of the molecule is CCCCCCCCC(O)CCC1C(O)CC2C(=NOCCC(=O)O)CC21. The van der Waals surface area contributed by atoms with Crippen LogP contribution in [0, 0.1) is 17.8 Å². The van der Waals surface area contributed by atoms with Gasteiger partial charge in [-0.2, -0.15) is 0 Å². The number of hydrogen-bond donors (Lipinski definition) is 3. The zero-order valence-corrected chi connectivity index (χ0v) is 16.7. The fourth-order valence-electron chi connectivity index (χ4n) is 4.57. The van der Waals surface area contributed by atoms with Crippen LogP contribution in [0.15, 0.2) is 5.16 Å². The van der Waals surface area contributed by atoms with Gasteiger partial charge in [0.2, 0.25) is 0 Å². The average molecular weight is 384 g/mol. The van der Waals surface area contributed by atoms with Gasteiger partial charge in [-0.3, -0.25) is 4.79 Å². The minimum Gasteiger partial charge on any atom is -0.481 e. The first-order valence-corrected chi connectivity index (χ1v) is 10.8. The predicted octanol–water partition coefficient (Wildman–Crippen LogP) is 3.74. The molecule has 0 heterocycles. The molecule has 0 saturated heterocycles. The zero-order valence-electron chi connectivity index (χ0n) is 16.7. The third-order valence-corrected chi connectivity index (χ3v) is 6.24. The summed E-state index contributed by atoms with van der Waals surface area (Å²) in [4.78, 5) is 15.6. The van der Waals surface area contributed by atoms with Crippen LogP contribution in [0.25, 0.3) is 0 Å².